The summed E-state index contributed by atoms with van der Waals surface area (Å²) >= 11 is 0. The molecule has 1 atom stereocenters. The van der Waals surface area contributed by atoms with Gasteiger partial charge in [-0.1, -0.05) is 6.92 Å². The van der Waals surface area contributed by atoms with Gasteiger partial charge < -0.3 is 19.5 Å². The van der Waals surface area contributed by atoms with E-state index in [-0.39, 0.29) is 5.91 Å². The Morgan fingerprint density at radius 3 is 2.86 bits per heavy atom. The molecule has 1 N–H and O–H groups in total. The molecule has 21 heavy (non-hydrogen) atoms. The van der Waals surface area contributed by atoms with Gasteiger partial charge >= 0.3 is 0 Å². The van der Waals surface area contributed by atoms with Crippen LogP contribution in [0, 0.1) is 5.92 Å². The average Bonchev–Trinajstić information content (AvgIpc) is 3.25. The zero-order chi connectivity index (χ0) is 14.7. The van der Waals surface area contributed by atoms with Crippen molar-refractivity contribution in [3.05, 3.63) is 24.0 Å². The highest BCUT2D eigenvalue weighted by Gasteiger charge is 2.32. The average molecular weight is 291 g/mol. The van der Waals surface area contributed by atoms with Gasteiger partial charge in [0.25, 0.3) is 0 Å². The second-order valence-corrected chi connectivity index (χ2v) is 5.98. The van der Waals surface area contributed by atoms with Crippen molar-refractivity contribution in [2.45, 2.75) is 32.4 Å². The van der Waals surface area contributed by atoms with E-state index >= 15 is 0 Å². The zero-order valence-corrected chi connectivity index (χ0v) is 12.8. The SMILES string of the molecule is CCNC(c1ccn(CC(=O)N2CCOCC2)c1)C1CC1. The number of aromatic nitrogens is 1. The quantitative estimate of drug-likeness (QED) is 0.862. The van der Waals surface area contributed by atoms with E-state index in [1.165, 1.54) is 18.4 Å². The van der Waals surface area contributed by atoms with E-state index in [0.29, 0.717) is 25.8 Å². The number of carbonyl (C=O) groups excluding carboxylic acids is 1. The third-order valence-electron chi connectivity index (χ3n) is 4.33. The smallest absolute Gasteiger partial charge is 0.242 e. The predicted octanol–water partition coefficient (Wildman–Crippen LogP) is 1.41. The van der Waals surface area contributed by atoms with Crippen LogP contribution in [-0.2, 0) is 16.1 Å². The fourth-order valence-corrected chi connectivity index (χ4v) is 3.02. The highest BCUT2D eigenvalue weighted by molar-refractivity contribution is 5.76. The summed E-state index contributed by atoms with van der Waals surface area (Å²) in [5, 5.41) is 3.57. The minimum absolute atomic E-state index is 0.187. The lowest BCUT2D eigenvalue weighted by Crippen LogP contribution is -2.42. The van der Waals surface area contributed by atoms with Crippen molar-refractivity contribution in [1.82, 2.24) is 14.8 Å². The van der Waals surface area contributed by atoms with Crippen LogP contribution < -0.4 is 5.32 Å². The molecule has 0 bridgehead atoms. The van der Waals surface area contributed by atoms with E-state index < -0.39 is 0 Å². The second-order valence-electron chi connectivity index (χ2n) is 5.98. The van der Waals surface area contributed by atoms with Gasteiger partial charge in [0.2, 0.25) is 5.91 Å². The van der Waals surface area contributed by atoms with E-state index in [0.717, 1.165) is 25.6 Å². The van der Waals surface area contributed by atoms with Crippen LogP contribution in [0.4, 0.5) is 0 Å². The molecule has 116 valence electrons. The molecule has 1 aromatic heterocycles. The van der Waals surface area contributed by atoms with Crippen molar-refractivity contribution in [1.29, 1.82) is 0 Å². The summed E-state index contributed by atoms with van der Waals surface area (Å²) in [6.45, 7) is 6.32. The fourth-order valence-electron chi connectivity index (χ4n) is 3.02. The molecule has 1 aliphatic heterocycles. The molecule has 2 aliphatic rings. The Balaban J connectivity index is 1.60. The molecular formula is C16H25N3O2. The molecule has 2 fully saturated rings. The van der Waals surface area contributed by atoms with Crippen LogP contribution in [0.2, 0.25) is 0 Å². The molecule has 1 amide bonds. The van der Waals surface area contributed by atoms with Crippen LogP contribution in [-0.4, -0.2) is 48.2 Å². The van der Waals surface area contributed by atoms with Gasteiger partial charge in [0.15, 0.2) is 0 Å². The van der Waals surface area contributed by atoms with Gasteiger partial charge in [-0.3, -0.25) is 4.79 Å². The normalized spacial score (nSPS) is 20.5. The maximum absolute atomic E-state index is 12.3. The van der Waals surface area contributed by atoms with Gasteiger partial charge in [0, 0.05) is 31.5 Å². The third-order valence-corrected chi connectivity index (χ3v) is 4.33. The van der Waals surface area contributed by atoms with Gasteiger partial charge in [-0.2, -0.15) is 0 Å². The van der Waals surface area contributed by atoms with Crippen LogP contribution >= 0.6 is 0 Å². The monoisotopic (exact) mass is 291 g/mol. The van der Waals surface area contributed by atoms with Crippen LogP contribution in [0.1, 0.15) is 31.4 Å². The van der Waals surface area contributed by atoms with Gasteiger partial charge in [-0.25, -0.2) is 0 Å². The molecule has 5 heteroatoms. The topological polar surface area (TPSA) is 46.5 Å². The number of ether oxygens (including phenoxy) is 1. The van der Waals surface area contributed by atoms with Crippen molar-refractivity contribution >= 4 is 5.91 Å². The maximum Gasteiger partial charge on any atom is 0.242 e. The molecule has 0 aromatic carbocycles. The number of hydrogen-bond donors (Lipinski definition) is 1. The molecule has 0 spiro atoms. The number of nitrogens with one attached hydrogen (secondary N) is 1. The third kappa shape index (κ3) is 3.66. The molecule has 2 heterocycles. The molecule has 1 aromatic rings. The van der Waals surface area contributed by atoms with E-state index in [1.54, 1.807) is 0 Å². The molecule has 5 nitrogen and oxygen atoms in total. The molecule has 1 aliphatic carbocycles. The summed E-state index contributed by atoms with van der Waals surface area (Å²) in [5.41, 5.74) is 1.31. The summed E-state index contributed by atoms with van der Waals surface area (Å²) in [4.78, 5) is 14.1. The Kier molecular flexibility index (Phi) is 4.60. The lowest BCUT2D eigenvalue weighted by molar-refractivity contribution is -0.135. The van der Waals surface area contributed by atoms with Gasteiger partial charge in [-0.05, 0) is 36.9 Å². The maximum atomic E-state index is 12.3. The number of morpholine rings is 1. The van der Waals surface area contributed by atoms with E-state index in [1.807, 2.05) is 15.7 Å². The molecule has 3 rings (SSSR count). The molecule has 1 saturated carbocycles. The number of amides is 1. The van der Waals surface area contributed by atoms with Crippen LogP contribution in [0.3, 0.4) is 0 Å². The number of hydrogen-bond acceptors (Lipinski definition) is 3. The highest BCUT2D eigenvalue weighted by atomic mass is 16.5. The van der Waals surface area contributed by atoms with Gasteiger partial charge in [0.05, 0.1) is 13.2 Å². The lowest BCUT2D eigenvalue weighted by atomic mass is 10.1. The standard InChI is InChI=1S/C16H25N3O2/c1-2-17-16(13-3-4-13)14-5-6-18(11-14)12-15(20)19-7-9-21-10-8-19/h5-6,11,13,16-17H,2-4,7-10,12H2,1H3. The largest absolute Gasteiger partial charge is 0.378 e. The van der Waals surface area contributed by atoms with E-state index in [2.05, 4.69) is 24.5 Å². The van der Waals surface area contributed by atoms with Crippen molar-refractivity contribution in [3.63, 3.8) is 0 Å². The van der Waals surface area contributed by atoms with Crippen LogP contribution in [0.5, 0.6) is 0 Å². The minimum Gasteiger partial charge on any atom is -0.378 e. The molecule has 0 radical (unpaired) electrons. The molecular weight excluding hydrogens is 266 g/mol. The van der Waals surface area contributed by atoms with Crippen LogP contribution in [0.15, 0.2) is 18.5 Å². The first-order valence-electron chi connectivity index (χ1n) is 8.02. The Morgan fingerprint density at radius 1 is 1.43 bits per heavy atom. The van der Waals surface area contributed by atoms with Gasteiger partial charge in [-0.15, -0.1) is 0 Å². The predicted molar refractivity (Wildman–Crippen MR) is 81.0 cm³/mol. The second kappa shape index (κ2) is 6.62. The van der Waals surface area contributed by atoms with Crippen LogP contribution in [0.25, 0.3) is 0 Å². The summed E-state index contributed by atoms with van der Waals surface area (Å²) in [6, 6.07) is 2.60. The minimum atomic E-state index is 0.187. The molecule has 1 unspecified atom stereocenters. The summed E-state index contributed by atoms with van der Waals surface area (Å²) in [7, 11) is 0. The first-order valence-corrected chi connectivity index (χ1v) is 8.02. The fraction of sp³-hybridized carbons (Fsp3) is 0.688. The van der Waals surface area contributed by atoms with Crippen molar-refractivity contribution in [2.24, 2.45) is 5.92 Å². The Labute approximate surface area is 126 Å². The Bertz CT molecular complexity index is 476. The van der Waals surface area contributed by atoms with E-state index in [9.17, 15) is 4.79 Å². The Morgan fingerprint density at radius 2 is 2.19 bits per heavy atom. The zero-order valence-electron chi connectivity index (χ0n) is 12.8. The van der Waals surface area contributed by atoms with Gasteiger partial charge in [0.1, 0.15) is 6.54 Å². The van der Waals surface area contributed by atoms with Crippen molar-refractivity contribution in [2.75, 3.05) is 32.8 Å². The molecule has 1 saturated heterocycles. The van der Waals surface area contributed by atoms with E-state index in [4.69, 9.17) is 4.74 Å². The van der Waals surface area contributed by atoms with Crippen molar-refractivity contribution in [3.8, 4) is 0 Å². The first-order chi connectivity index (χ1) is 10.3. The first kappa shape index (κ1) is 14.6. The lowest BCUT2D eigenvalue weighted by Gasteiger charge is -2.27. The Hall–Kier alpha value is -1.33. The number of carbonyl (C=O) groups is 1. The summed E-state index contributed by atoms with van der Waals surface area (Å²) in [6.07, 6.45) is 6.79. The highest BCUT2D eigenvalue weighted by Crippen LogP contribution is 2.40. The number of nitrogens with zero attached hydrogens (tertiary/aromatic N) is 2. The summed E-state index contributed by atoms with van der Waals surface area (Å²) < 4.78 is 7.30. The summed E-state index contributed by atoms with van der Waals surface area (Å²) in [5.74, 6) is 0.961. The van der Waals surface area contributed by atoms with Crippen molar-refractivity contribution < 1.29 is 9.53 Å². The number of rotatable bonds is 6.